The first-order chi connectivity index (χ1) is 18.4. The van der Waals surface area contributed by atoms with Gasteiger partial charge in [-0.25, -0.2) is 0 Å². The van der Waals surface area contributed by atoms with Crippen molar-refractivity contribution in [2.45, 2.75) is 0 Å². The maximum atomic E-state index is 5.16. The van der Waals surface area contributed by atoms with E-state index in [-0.39, 0.29) is 0 Å². The van der Waals surface area contributed by atoms with Crippen molar-refractivity contribution in [3.8, 4) is 22.3 Å². The normalized spacial score (nSPS) is 11.2. The zero-order valence-corrected chi connectivity index (χ0v) is 21.4. The molecular formula is C34H26N2Si. The Kier molecular flexibility index (Phi) is 6.28. The Hall–Kier alpha value is -4.60. The zero-order valence-electron chi connectivity index (χ0n) is 20.4. The van der Waals surface area contributed by atoms with Crippen LogP contribution in [0.2, 0.25) is 0 Å². The molecule has 0 N–H and O–H groups in total. The Morgan fingerprint density at radius 2 is 0.676 bits per heavy atom. The quantitative estimate of drug-likeness (QED) is 0.300. The van der Waals surface area contributed by atoms with Crippen molar-refractivity contribution < 1.29 is 0 Å². The first-order valence-corrected chi connectivity index (χ1v) is 14.5. The molecule has 6 rings (SSSR count). The van der Waals surface area contributed by atoms with E-state index in [2.05, 4.69) is 133 Å². The van der Waals surface area contributed by atoms with Crippen molar-refractivity contribution in [1.82, 2.24) is 9.97 Å². The van der Waals surface area contributed by atoms with Crippen LogP contribution < -0.4 is 21.0 Å². The highest BCUT2D eigenvalue weighted by Gasteiger charge is 2.44. The van der Waals surface area contributed by atoms with E-state index in [4.69, 9.17) is 9.97 Å². The number of benzene rings is 4. The average Bonchev–Trinajstić information content (AvgIpc) is 3.00. The minimum atomic E-state index is -2.77. The third kappa shape index (κ3) is 4.30. The van der Waals surface area contributed by atoms with E-state index < -0.39 is 8.07 Å². The van der Waals surface area contributed by atoms with Gasteiger partial charge in [-0.1, -0.05) is 133 Å². The van der Waals surface area contributed by atoms with Crippen LogP contribution in [-0.4, -0.2) is 18.0 Å². The number of rotatable bonds is 6. The van der Waals surface area contributed by atoms with Gasteiger partial charge in [0, 0.05) is 23.0 Å². The third-order valence-electron chi connectivity index (χ3n) is 6.92. The largest absolute Gasteiger partial charge is 0.264 e. The number of hydrogen-bond donors (Lipinski definition) is 0. The van der Waals surface area contributed by atoms with Crippen LogP contribution in [0.5, 0.6) is 0 Å². The van der Waals surface area contributed by atoms with E-state index in [1.807, 2.05) is 24.5 Å². The van der Waals surface area contributed by atoms with E-state index >= 15 is 0 Å². The summed E-state index contributed by atoms with van der Waals surface area (Å²) in [7, 11) is -2.77. The molecule has 0 aliphatic heterocycles. The SMILES string of the molecule is c1ccc(-c2ccc([Si](c3ccccc3)(c3ccccc3)c3ccc(-c4ccccc4)cn3)nc2)cc1. The van der Waals surface area contributed by atoms with Gasteiger partial charge >= 0.3 is 0 Å². The van der Waals surface area contributed by atoms with E-state index in [9.17, 15) is 0 Å². The molecule has 176 valence electrons. The van der Waals surface area contributed by atoms with Crippen LogP contribution in [0.3, 0.4) is 0 Å². The molecule has 0 fully saturated rings. The van der Waals surface area contributed by atoms with Crippen molar-refractivity contribution in [2.75, 3.05) is 0 Å². The molecule has 0 bridgehead atoms. The number of hydrogen-bond acceptors (Lipinski definition) is 2. The molecule has 0 atom stereocenters. The minimum Gasteiger partial charge on any atom is -0.264 e. The number of pyridine rings is 2. The van der Waals surface area contributed by atoms with Crippen LogP contribution in [0.25, 0.3) is 22.3 Å². The third-order valence-corrected chi connectivity index (χ3v) is 11.5. The Labute approximate surface area is 219 Å². The van der Waals surface area contributed by atoms with Gasteiger partial charge in [0.1, 0.15) is 0 Å². The van der Waals surface area contributed by atoms with E-state index in [0.717, 1.165) is 21.8 Å². The van der Waals surface area contributed by atoms with Crippen molar-refractivity contribution >= 4 is 29.1 Å². The van der Waals surface area contributed by atoms with Crippen LogP contribution in [0, 0.1) is 0 Å². The Balaban J connectivity index is 1.57. The van der Waals surface area contributed by atoms with Gasteiger partial charge in [-0.15, -0.1) is 0 Å². The average molecular weight is 491 g/mol. The topological polar surface area (TPSA) is 25.8 Å². The standard InChI is InChI=1S/C34H26N2Si/c1-5-13-27(14-6-1)29-21-23-33(35-25-29)37(31-17-9-3-10-18-31,32-19-11-4-12-20-32)34-24-22-30(26-36-34)28-15-7-2-8-16-28/h1-26H. The molecule has 2 aromatic heterocycles. The molecule has 2 heterocycles. The second-order valence-electron chi connectivity index (χ2n) is 9.08. The van der Waals surface area contributed by atoms with Crippen molar-refractivity contribution in [3.05, 3.63) is 158 Å². The summed E-state index contributed by atoms with van der Waals surface area (Å²) >= 11 is 0. The maximum Gasteiger partial charge on any atom is 0.223 e. The molecule has 3 heteroatoms. The molecule has 6 aromatic rings. The molecule has 0 spiro atoms. The van der Waals surface area contributed by atoms with Crippen LogP contribution >= 0.6 is 0 Å². The molecule has 4 aromatic carbocycles. The lowest BCUT2D eigenvalue weighted by Crippen LogP contribution is -2.76. The molecule has 0 aliphatic carbocycles. The van der Waals surface area contributed by atoms with Gasteiger partial charge in [0.25, 0.3) is 0 Å². The van der Waals surface area contributed by atoms with Crippen LogP contribution in [0.1, 0.15) is 0 Å². The second kappa shape index (κ2) is 10.2. The Morgan fingerprint density at radius 1 is 0.324 bits per heavy atom. The van der Waals surface area contributed by atoms with Gasteiger partial charge in [-0.2, -0.15) is 0 Å². The summed E-state index contributed by atoms with van der Waals surface area (Å²) in [6.07, 6.45) is 4.02. The molecule has 0 unspecified atom stereocenters. The van der Waals surface area contributed by atoms with E-state index in [1.165, 1.54) is 21.5 Å². The molecule has 0 radical (unpaired) electrons. The van der Waals surface area contributed by atoms with Crippen LogP contribution in [0.4, 0.5) is 0 Å². The molecular weight excluding hydrogens is 464 g/mol. The lowest BCUT2D eigenvalue weighted by atomic mass is 10.1. The summed E-state index contributed by atoms with van der Waals surface area (Å²) < 4.78 is 0. The first-order valence-electron chi connectivity index (χ1n) is 12.5. The highest BCUT2D eigenvalue weighted by Crippen LogP contribution is 2.19. The fourth-order valence-corrected chi connectivity index (χ4v) is 9.45. The molecule has 0 saturated heterocycles. The monoisotopic (exact) mass is 490 g/mol. The summed E-state index contributed by atoms with van der Waals surface area (Å²) in [6, 6.07) is 51.2. The summed E-state index contributed by atoms with van der Waals surface area (Å²) in [5.41, 5.74) is 4.55. The van der Waals surface area contributed by atoms with Gasteiger partial charge in [-0.05, 0) is 44.8 Å². The fraction of sp³-hybridized carbons (Fsp3) is 0. The fourth-order valence-electron chi connectivity index (χ4n) is 5.10. The second-order valence-corrected chi connectivity index (χ2v) is 12.8. The lowest BCUT2D eigenvalue weighted by molar-refractivity contribution is 1.34. The van der Waals surface area contributed by atoms with Crippen LogP contribution in [0.15, 0.2) is 158 Å². The molecule has 0 aliphatic rings. The molecule has 2 nitrogen and oxygen atoms in total. The number of nitrogens with zero attached hydrogens (tertiary/aromatic N) is 2. The van der Waals surface area contributed by atoms with E-state index in [0.29, 0.717) is 0 Å². The summed E-state index contributed by atoms with van der Waals surface area (Å²) in [6.45, 7) is 0. The van der Waals surface area contributed by atoms with Crippen molar-refractivity contribution in [3.63, 3.8) is 0 Å². The maximum absolute atomic E-state index is 5.16. The summed E-state index contributed by atoms with van der Waals surface area (Å²) in [5.74, 6) is 0. The summed E-state index contributed by atoms with van der Waals surface area (Å²) in [5, 5.41) is 4.68. The van der Waals surface area contributed by atoms with Crippen molar-refractivity contribution in [2.24, 2.45) is 0 Å². The Bertz CT molecular complexity index is 1440. The van der Waals surface area contributed by atoms with Gasteiger partial charge in [0.2, 0.25) is 8.07 Å². The van der Waals surface area contributed by atoms with E-state index in [1.54, 1.807) is 0 Å². The zero-order chi connectivity index (χ0) is 24.9. The lowest BCUT2D eigenvalue weighted by Gasteiger charge is -2.32. The predicted octanol–water partition coefficient (Wildman–Crippen LogP) is 5.19. The van der Waals surface area contributed by atoms with Crippen molar-refractivity contribution in [1.29, 1.82) is 0 Å². The van der Waals surface area contributed by atoms with Gasteiger partial charge in [0.15, 0.2) is 0 Å². The predicted molar refractivity (Wildman–Crippen MR) is 157 cm³/mol. The first kappa shape index (κ1) is 22.8. The highest BCUT2D eigenvalue weighted by atomic mass is 28.3. The van der Waals surface area contributed by atoms with Gasteiger partial charge in [0.05, 0.1) is 0 Å². The Morgan fingerprint density at radius 3 is 1.00 bits per heavy atom. The molecule has 0 amide bonds. The smallest absolute Gasteiger partial charge is 0.223 e. The number of aromatic nitrogens is 2. The summed E-state index contributed by atoms with van der Waals surface area (Å²) in [4.78, 5) is 10.3. The highest BCUT2D eigenvalue weighted by molar-refractivity contribution is 7.19. The minimum absolute atomic E-state index is 1.07. The van der Waals surface area contributed by atoms with Gasteiger partial charge in [-0.3, -0.25) is 9.97 Å². The van der Waals surface area contributed by atoms with Crippen LogP contribution in [-0.2, 0) is 0 Å². The molecule has 37 heavy (non-hydrogen) atoms. The van der Waals surface area contributed by atoms with Gasteiger partial charge < -0.3 is 0 Å². The molecule has 0 saturated carbocycles.